The molecule has 0 aromatic carbocycles. The third kappa shape index (κ3) is 3.81. The van der Waals surface area contributed by atoms with E-state index in [1.54, 1.807) is 7.11 Å². The molecule has 0 radical (unpaired) electrons. The van der Waals surface area contributed by atoms with Crippen LogP contribution in [0.3, 0.4) is 0 Å². The van der Waals surface area contributed by atoms with Crippen LogP contribution in [0.4, 0.5) is 0 Å². The molecule has 2 heterocycles. The van der Waals surface area contributed by atoms with E-state index in [9.17, 15) is 13.2 Å². The first-order chi connectivity index (χ1) is 10.4. The molecule has 1 amide bonds. The van der Waals surface area contributed by atoms with E-state index in [1.165, 1.54) is 10.6 Å². The van der Waals surface area contributed by atoms with E-state index < -0.39 is 16.1 Å². The van der Waals surface area contributed by atoms with Crippen LogP contribution in [0.25, 0.3) is 0 Å². The van der Waals surface area contributed by atoms with Crippen molar-refractivity contribution < 1.29 is 17.9 Å². The number of likely N-dealkylation sites (tertiary alicyclic amines) is 1. The van der Waals surface area contributed by atoms with Crippen LogP contribution in [0.5, 0.6) is 0 Å². The zero-order chi connectivity index (χ0) is 16.3. The Morgan fingerprint density at radius 1 is 1.32 bits per heavy atom. The van der Waals surface area contributed by atoms with Crippen LogP contribution in [0.1, 0.15) is 45.4 Å². The monoisotopic (exact) mass is 332 g/mol. The highest BCUT2D eigenvalue weighted by Crippen LogP contribution is 2.28. The highest BCUT2D eigenvalue weighted by Gasteiger charge is 2.44. The quantitative estimate of drug-likeness (QED) is 0.759. The number of methoxy groups -OCH3 is 1. The molecule has 2 fully saturated rings. The molecule has 3 atom stereocenters. The molecule has 1 unspecified atom stereocenters. The average molecular weight is 332 g/mol. The largest absolute Gasteiger partial charge is 0.380 e. The summed E-state index contributed by atoms with van der Waals surface area (Å²) in [5.74, 6) is -0.0388. The Morgan fingerprint density at radius 3 is 2.64 bits per heavy atom. The summed E-state index contributed by atoms with van der Waals surface area (Å²) in [4.78, 5) is 14.9. The summed E-state index contributed by atoms with van der Waals surface area (Å²) < 4.78 is 30.6. The van der Waals surface area contributed by atoms with Crippen LogP contribution in [0, 0.1) is 0 Å². The number of hydrogen-bond acceptors (Lipinski definition) is 4. The van der Waals surface area contributed by atoms with E-state index in [0.29, 0.717) is 6.42 Å². The lowest BCUT2D eigenvalue weighted by molar-refractivity contribution is -0.138. The molecule has 0 spiro atoms. The van der Waals surface area contributed by atoms with E-state index >= 15 is 0 Å². The second kappa shape index (κ2) is 7.27. The fraction of sp³-hybridized carbons (Fsp3) is 0.933. The Balaban J connectivity index is 2.18. The topological polar surface area (TPSA) is 66.9 Å². The third-order valence-corrected chi connectivity index (χ3v) is 6.05. The number of rotatable bonds is 5. The van der Waals surface area contributed by atoms with Gasteiger partial charge >= 0.3 is 0 Å². The van der Waals surface area contributed by atoms with Crippen LogP contribution in [-0.2, 0) is 19.6 Å². The fourth-order valence-corrected chi connectivity index (χ4v) is 4.72. The molecule has 7 heteroatoms. The Labute approximate surface area is 133 Å². The first kappa shape index (κ1) is 17.7. The van der Waals surface area contributed by atoms with E-state index in [0.717, 1.165) is 38.6 Å². The number of sulfonamides is 1. The van der Waals surface area contributed by atoms with Gasteiger partial charge in [-0.15, -0.1) is 0 Å². The molecule has 0 aromatic rings. The van der Waals surface area contributed by atoms with Crippen molar-refractivity contribution in [1.82, 2.24) is 9.21 Å². The van der Waals surface area contributed by atoms with Crippen molar-refractivity contribution in [3.63, 3.8) is 0 Å². The predicted molar refractivity (Wildman–Crippen MR) is 85.0 cm³/mol. The normalized spacial score (nSPS) is 30.7. The highest BCUT2D eigenvalue weighted by atomic mass is 32.2. The minimum absolute atomic E-state index is 0.0388. The van der Waals surface area contributed by atoms with E-state index in [-0.39, 0.29) is 24.6 Å². The lowest BCUT2D eigenvalue weighted by Crippen LogP contribution is -2.52. The summed E-state index contributed by atoms with van der Waals surface area (Å²) in [5, 5.41) is 0. The third-order valence-electron chi connectivity index (χ3n) is 4.79. The van der Waals surface area contributed by atoms with Crippen molar-refractivity contribution in [2.45, 2.75) is 63.6 Å². The number of ether oxygens (including phenoxy) is 1. The maximum atomic E-state index is 13.0. The Hall–Kier alpha value is -0.660. The van der Waals surface area contributed by atoms with Gasteiger partial charge in [-0.05, 0) is 25.7 Å². The summed E-state index contributed by atoms with van der Waals surface area (Å²) in [6.45, 7) is 3.14. The molecule has 0 bridgehead atoms. The minimum Gasteiger partial charge on any atom is -0.380 e. The number of nitrogens with zero attached hydrogens (tertiary/aromatic N) is 2. The standard InChI is InChI=1S/C15H28N2O4S/c1-4-7-12-8-5-6-9-16(12)15(18)14-10-13(21-2)11-17(14)22(3,19)20/h12-14H,4-11H2,1-3H3/t12?,13-,14+/m0/s1. The van der Waals surface area contributed by atoms with Crippen molar-refractivity contribution in [3.05, 3.63) is 0 Å². The van der Waals surface area contributed by atoms with Gasteiger partial charge in [0.1, 0.15) is 6.04 Å². The molecule has 2 aliphatic heterocycles. The van der Waals surface area contributed by atoms with Crippen molar-refractivity contribution in [2.75, 3.05) is 26.5 Å². The molecular formula is C15H28N2O4S. The van der Waals surface area contributed by atoms with E-state index in [2.05, 4.69) is 6.92 Å². The van der Waals surface area contributed by atoms with Gasteiger partial charge in [0.25, 0.3) is 0 Å². The molecule has 0 N–H and O–H groups in total. The van der Waals surface area contributed by atoms with Crippen LogP contribution < -0.4 is 0 Å². The van der Waals surface area contributed by atoms with Crippen molar-refractivity contribution in [3.8, 4) is 0 Å². The molecule has 22 heavy (non-hydrogen) atoms. The van der Waals surface area contributed by atoms with Gasteiger partial charge < -0.3 is 9.64 Å². The van der Waals surface area contributed by atoms with Gasteiger partial charge in [-0.3, -0.25) is 4.79 Å². The number of carbonyl (C=O) groups excluding carboxylic acids is 1. The van der Waals surface area contributed by atoms with Gasteiger partial charge in [-0.2, -0.15) is 4.31 Å². The van der Waals surface area contributed by atoms with Crippen LogP contribution >= 0.6 is 0 Å². The first-order valence-electron chi connectivity index (χ1n) is 8.18. The molecule has 2 rings (SSSR count). The molecule has 0 aromatic heterocycles. The molecule has 0 aliphatic carbocycles. The van der Waals surface area contributed by atoms with Gasteiger partial charge in [0.15, 0.2) is 0 Å². The Morgan fingerprint density at radius 2 is 2.05 bits per heavy atom. The Kier molecular flexibility index (Phi) is 5.85. The molecule has 0 saturated carbocycles. The van der Waals surface area contributed by atoms with Crippen LogP contribution in [0.15, 0.2) is 0 Å². The molecule has 128 valence electrons. The maximum absolute atomic E-state index is 13.0. The summed E-state index contributed by atoms with van der Waals surface area (Å²) in [5.41, 5.74) is 0. The molecular weight excluding hydrogens is 304 g/mol. The fourth-order valence-electron chi connectivity index (χ4n) is 3.65. The maximum Gasteiger partial charge on any atom is 0.241 e. The van der Waals surface area contributed by atoms with E-state index in [1.807, 2.05) is 4.90 Å². The van der Waals surface area contributed by atoms with Crippen LogP contribution in [0.2, 0.25) is 0 Å². The van der Waals surface area contributed by atoms with Crippen molar-refractivity contribution in [2.24, 2.45) is 0 Å². The van der Waals surface area contributed by atoms with E-state index in [4.69, 9.17) is 4.74 Å². The smallest absolute Gasteiger partial charge is 0.241 e. The average Bonchev–Trinajstić information content (AvgIpc) is 2.92. The highest BCUT2D eigenvalue weighted by molar-refractivity contribution is 7.88. The zero-order valence-electron chi connectivity index (χ0n) is 13.8. The summed E-state index contributed by atoms with van der Waals surface area (Å²) in [6.07, 6.45) is 6.64. The number of hydrogen-bond donors (Lipinski definition) is 0. The lowest BCUT2D eigenvalue weighted by Gasteiger charge is -2.38. The predicted octanol–water partition coefficient (Wildman–Crippen LogP) is 1.22. The SMILES string of the molecule is CCCC1CCCCN1C(=O)[C@H]1C[C@H](OC)CN1S(C)(=O)=O. The minimum atomic E-state index is -3.40. The second-order valence-electron chi connectivity index (χ2n) is 6.41. The molecule has 2 aliphatic rings. The van der Waals surface area contributed by atoms with Crippen LogP contribution in [-0.4, -0.2) is 68.2 Å². The summed E-state index contributed by atoms with van der Waals surface area (Å²) in [7, 11) is -1.83. The number of amides is 1. The summed E-state index contributed by atoms with van der Waals surface area (Å²) in [6, 6.07) is -0.341. The lowest BCUT2D eigenvalue weighted by atomic mass is 9.97. The molecule has 6 nitrogen and oxygen atoms in total. The van der Waals surface area contributed by atoms with Crippen molar-refractivity contribution >= 4 is 15.9 Å². The van der Waals surface area contributed by atoms with Gasteiger partial charge in [0.2, 0.25) is 15.9 Å². The van der Waals surface area contributed by atoms with Gasteiger partial charge in [0, 0.05) is 32.7 Å². The van der Waals surface area contributed by atoms with Crippen molar-refractivity contribution in [1.29, 1.82) is 0 Å². The van der Waals surface area contributed by atoms with Gasteiger partial charge in [-0.1, -0.05) is 13.3 Å². The number of carbonyl (C=O) groups is 1. The zero-order valence-corrected chi connectivity index (χ0v) is 14.6. The summed E-state index contributed by atoms with van der Waals surface area (Å²) >= 11 is 0. The Bertz CT molecular complexity index is 492. The second-order valence-corrected chi connectivity index (χ2v) is 8.35. The van der Waals surface area contributed by atoms with Gasteiger partial charge in [-0.25, -0.2) is 8.42 Å². The van der Waals surface area contributed by atoms with Gasteiger partial charge in [0.05, 0.1) is 12.4 Å². The number of piperidine rings is 1. The molecule has 2 saturated heterocycles. The first-order valence-corrected chi connectivity index (χ1v) is 10.0.